The molecule has 0 amide bonds. The fourth-order valence-corrected chi connectivity index (χ4v) is 5.37. The van der Waals surface area contributed by atoms with Gasteiger partial charge in [-0.1, -0.05) is 136 Å². The van der Waals surface area contributed by atoms with Crippen molar-refractivity contribution in [1.82, 2.24) is 4.98 Å². The summed E-state index contributed by atoms with van der Waals surface area (Å²) in [5.74, 6) is 2.18. The van der Waals surface area contributed by atoms with Crippen molar-refractivity contribution in [2.75, 3.05) is 0 Å². The average Bonchev–Trinajstić information content (AvgIpc) is 3.31. The molecule has 1 aromatic heterocycles. The number of imidazole rings is 1. The molecule has 2 heteroatoms. The summed E-state index contributed by atoms with van der Waals surface area (Å²) in [6.07, 6.45) is 35.5. The normalized spacial score (nSPS) is 13.5. The molecule has 0 aliphatic heterocycles. The predicted octanol–water partition coefficient (Wildman–Crippen LogP) is 10.6. The van der Waals surface area contributed by atoms with E-state index >= 15 is 0 Å². The lowest BCUT2D eigenvalue weighted by Crippen LogP contribution is -2.41. The minimum atomic E-state index is 0.623. The van der Waals surface area contributed by atoms with Gasteiger partial charge in [0.05, 0.1) is 12.0 Å². The number of hydrogen-bond donors (Lipinski definition) is 1. The van der Waals surface area contributed by atoms with E-state index in [-0.39, 0.29) is 0 Å². The minimum absolute atomic E-state index is 0.623. The van der Waals surface area contributed by atoms with Crippen LogP contribution in [0.15, 0.2) is 12.4 Å². The molecule has 2 atom stereocenters. The van der Waals surface area contributed by atoms with Gasteiger partial charge in [-0.05, 0) is 32.6 Å². The molecule has 0 saturated heterocycles. The molecular formula is C31H61N2+. The van der Waals surface area contributed by atoms with E-state index in [0.717, 1.165) is 0 Å². The fraction of sp³-hybridized carbons (Fsp3) is 0.903. The zero-order valence-electron chi connectivity index (χ0n) is 23.3. The molecule has 0 radical (unpaired) electrons. The molecular weight excluding hydrogens is 400 g/mol. The topological polar surface area (TPSA) is 19.7 Å². The molecule has 0 aromatic carbocycles. The Labute approximate surface area is 208 Å². The van der Waals surface area contributed by atoms with Gasteiger partial charge in [0.15, 0.2) is 0 Å². The van der Waals surface area contributed by atoms with Gasteiger partial charge in [0.25, 0.3) is 5.82 Å². The maximum Gasteiger partial charge on any atom is 0.257 e. The van der Waals surface area contributed by atoms with E-state index in [4.69, 9.17) is 0 Å². The summed E-state index contributed by atoms with van der Waals surface area (Å²) in [6, 6.07) is 0.623. The molecule has 2 nitrogen and oxygen atoms in total. The molecule has 2 unspecified atom stereocenters. The largest absolute Gasteiger partial charge is 0.257 e. The number of aromatic amines is 1. The van der Waals surface area contributed by atoms with Gasteiger partial charge in [0.1, 0.15) is 12.4 Å². The summed E-state index contributed by atoms with van der Waals surface area (Å²) < 4.78 is 2.56. The Morgan fingerprint density at radius 3 is 1.48 bits per heavy atom. The quantitative estimate of drug-likeness (QED) is 0.117. The summed E-state index contributed by atoms with van der Waals surface area (Å²) in [7, 11) is 0. The van der Waals surface area contributed by atoms with Crippen LogP contribution < -0.4 is 4.57 Å². The van der Waals surface area contributed by atoms with Gasteiger partial charge in [-0.25, -0.2) is 9.55 Å². The van der Waals surface area contributed by atoms with Crippen molar-refractivity contribution in [3.63, 3.8) is 0 Å². The second-order valence-corrected chi connectivity index (χ2v) is 10.8. The molecule has 1 N–H and O–H groups in total. The molecule has 0 aliphatic carbocycles. The molecule has 1 rings (SSSR count). The van der Waals surface area contributed by atoms with Crippen LogP contribution in [-0.4, -0.2) is 4.98 Å². The zero-order chi connectivity index (χ0) is 24.0. The highest BCUT2D eigenvalue weighted by atomic mass is 15.1. The lowest BCUT2D eigenvalue weighted by Gasteiger charge is -2.16. The van der Waals surface area contributed by atoms with Crippen molar-refractivity contribution in [2.45, 2.75) is 181 Å². The minimum Gasteiger partial charge on any atom is -0.247 e. The van der Waals surface area contributed by atoms with Crippen molar-refractivity contribution in [2.24, 2.45) is 0 Å². The second-order valence-electron chi connectivity index (χ2n) is 10.8. The summed E-state index contributed by atoms with van der Waals surface area (Å²) in [5.41, 5.74) is 0. The van der Waals surface area contributed by atoms with Crippen LogP contribution in [0.3, 0.4) is 0 Å². The number of nitrogens with one attached hydrogen (secondary N) is 1. The SMILES string of the molecule is CCCCCCCCCCCCCCCC(CC)c1[nH]cc[n+]1C(C)CCCCCCCC. The van der Waals surface area contributed by atoms with Crippen LogP contribution in [-0.2, 0) is 0 Å². The molecule has 0 fully saturated rings. The standard InChI is InChI=1S/C31H60N2/c1-5-8-10-12-14-15-16-17-18-19-20-22-24-26-30(7-3)31-32-27-28-33(31)29(4)25-23-21-13-11-9-6-2/h27-30H,5-26H2,1-4H3/p+1. The van der Waals surface area contributed by atoms with Crippen LogP contribution in [0.5, 0.6) is 0 Å². The first kappa shape index (κ1) is 30.2. The first-order valence-electron chi connectivity index (χ1n) is 15.3. The molecule has 0 aliphatic rings. The van der Waals surface area contributed by atoms with E-state index in [0.29, 0.717) is 12.0 Å². The van der Waals surface area contributed by atoms with E-state index in [1.54, 1.807) is 0 Å². The van der Waals surface area contributed by atoms with Gasteiger partial charge in [-0.2, -0.15) is 0 Å². The van der Waals surface area contributed by atoms with Crippen LogP contribution in [0.25, 0.3) is 0 Å². The highest BCUT2D eigenvalue weighted by Gasteiger charge is 2.24. The highest BCUT2D eigenvalue weighted by Crippen LogP contribution is 2.24. The first-order chi connectivity index (χ1) is 16.2. The highest BCUT2D eigenvalue weighted by molar-refractivity contribution is 4.89. The summed E-state index contributed by atoms with van der Waals surface area (Å²) in [6.45, 7) is 9.39. The fourth-order valence-electron chi connectivity index (χ4n) is 5.37. The Balaban J connectivity index is 2.14. The molecule has 194 valence electrons. The smallest absolute Gasteiger partial charge is 0.247 e. The molecule has 0 saturated carbocycles. The van der Waals surface area contributed by atoms with Crippen molar-refractivity contribution in [3.05, 3.63) is 18.2 Å². The van der Waals surface area contributed by atoms with E-state index in [1.807, 2.05) is 0 Å². The van der Waals surface area contributed by atoms with Gasteiger partial charge in [-0.3, -0.25) is 0 Å². The Morgan fingerprint density at radius 1 is 0.606 bits per heavy atom. The number of aromatic nitrogens is 2. The van der Waals surface area contributed by atoms with Gasteiger partial charge in [0, 0.05) is 0 Å². The third-order valence-corrected chi connectivity index (χ3v) is 7.73. The Kier molecular flexibility index (Phi) is 19.9. The van der Waals surface area contributed by atoms with E-state index in [9.17, 15) is 0 Å². The number of unbranched alkanes of at least 4 members (excludes halogenated alkanes) is 17. The van der Waals surface area contributed by atoms with Crippen molar-refractivity contribution in [1.29, 1.82) is 0 Å². The maximum atomic E-state index is 3.62. The van der Waals surface area contributed by atoms with Crippen LogP contribution in [0, 0.1) is 0 Å². The summed E-state index contributed by atoms with van der Waals surface area (Å²) in [5, 5.41) is 0. The van der Waals surface area contributed by atoms with Crippen molar-refractivity contribution >= 4 is 0 Å². The van der Waals surface area contributed by atoms with Crippen LogP contribution in [0.2, 0.25) is 0 Å². The first-order valence-corrected chi connectivity index (χ1v) is 15.3. The second kappa shape index (κ2) is 21.7. The predicted molar refractivity (Wildman–Crippen MR) is 147 cm³/mol. The molecule has 1 heterocycles. The number of nitrogens with zero attached hydrogens (tertiary/aromatic N) is 1. The third kappa shape index (κ3) is 14.9. The van der Waals surface area contributed by atoms with Gasteiger partial charge in [0.2, 0.25) is 0 Å². The number of hydrogen-bond acceptors (Lipinski definition) is 0. The Bertz CT molecular complexity index is 521. The molecule has 0 bridgehead atoms. The van der Waals surface area contributed by atoms with Crippen LogP contribution in [0.4, 0.5) is 0 Å². The van der Waals surface area contributed by atoms with Crippen molar-refractivity contribution < 1.29 is 4.57 Å². The molecule has 1 aromatic rings. The Hall–Kier alpha value is -0.790. The zero-order valence-corrected chi connectivity index (χ0v) is 23.3. The van der Waals surface area contributed by atoms with Crippen LogP contribution >= 0.6 is 0 Å². The summed E-state index contributed by atoms with van der Waals surface area (Å²) >= 11 is 0. The molecule has 0 spiro atoms. The monoisotopic (exact) mass is 461 g/mol. The number of rotatable bonds is 24. The molecule has 33 heavy (non-hydrogen) atoms. The summed E-state index contributed by atoms with van der Waals surface area (Å²) in [4.78, 5) is 3.62. The number of H-pyrrole nitrogens is 1. The van der Waals surface area contributed by atoms with E-state index in [2.05, 4.69) is 49.6 Å². The Morgan fingerprint density at radius 2 is 1.03 bits per heavy atom. The lowest BCUT2D eigenvalue weighted by molar-refractivity contribution is -0.727. The van der Waals surface area contributed by atoms with E-state index < -0.39 is 0 Å². The van der Waals surface area contributed by atoms with Crippen LogP contribution in [0.1, 0.15) is 187 Å². The maximum absolute atomic E-state index is 3.62. The van der Waals surface area contributed by atoms with Gasteiger partial charge < -0.3 is 0 Å². The van der Waals surface area contributed by atoms with Gasteiger partial charge in [-0.15, -0.1) is 0 Å². The van der Waals surface area contributed by atoms with Gasteiger partial charge >= 0.3 is 0 Å². The third-order valence-electron chi connectivity index (χ3n) is 7.73. The van der Waals surface area contributed by atoms with E-state index in [1.165, 1.54) is 147 Å². The lowest BCUT2D eigenvalue weighted by atomic mass is 9.96. The average molecular weight is 462 g/mol. The van der Waals surface area contributed by atoms with Crippen molar-refractivity contribution in [3.8, 4) is 0 Å².